The molecule has 10 heteroatoms. The minimum atomic E-state index is -0.644. The minimum absolute atomic E-state index is 0.0132. The molecule has 0 spiro atoms. The Labute approximate surface area is 170 Å². The number of nitrogens with one attached hydrogen (secondary N) is 1. The molecule has 29 heavy (non-hydrogen) atoms. The summed E-state index contributed by atoms with van der Waals surface area (Å²) in [6.45, 7) is 0.0132. The second kappa shape index (κ2) is 8.61. The van der Waals surface area contributed by atoms with E-state index in [4.69, 9.17) is 25.6 Å². The average Bonchev–Trinajstić information content (AvgIpc) is 3.20. The molecule has 3 rings (SSSR count). The number of hydrogen-bond acceptors (Lipinski definition) is 7. The van der Waals surface area contributed by atoms with Crippen LogP contribution in [-0.2, 0) is 6.54 Å². The Hall–Kier alpha value is -3.59. The van der Waals surface area contributed by atoms with Gasteiger partial charge in [0.05, 0.1) is 25.7 Å². The fourth-order valence-corrected chi connectivity index (χ4v) is 2.81. The van der Waals surface area contributed by atoms with Crippen molar-refractivity contribution in [3.63, 3.8) is 0 Å². The van der Waals surface area contributed by atoms with Crippen molar-refractivity contribution in [1.82, 2.24) is 10.5 Å². The predicted molar refractivity (Wildman–Crippen MR) is 104 cm³/mol. The minimum Gasteiger partial charge on any atom is -0.493 e. The molecule has 0 fully saturated rings. The molecule has 0 bridgehead atoms. The van der Waals surface area contributed by atoms with Crippen LogP contribution in [0, 0.1) is 10.1 Å². The van der Waals surface area contributed by atoms with E-state index < -0.39 is 10.8 Å². The summed E-state index contributed by atoms with van der Waals surface area (Å²) >= 11 is 5.85. The number of carbonyl (C=O) groups is 1. The normalized spacial score (nSPS) is 10.4. The van der Waals surface area contributed by atoms with E-state index in [-0.39, 0.29) is 22.8 Å². The lowest BCUT2D eigenvalue weighted by Gasteiger charge is -2.07. The first kappa shape index (κ1) is 20.2. The standard InChI is InChI=1S/C19H16ClN3O6/c1-27-16-6-3-11(7-18(16)28-2)17-9-13(22-29-17)10-21-19(24)14-8-12(20)4-5-15(14)23(25)26/h3-9H,10H2,1-2H3,(H,21,24). The Morgan fingerprint density at radius 3 is 2.62 bits per heavy atom. The van der Waals surface area contributed by atoms with Crippen LogP contribution in [0.25, 0.3) is 11.3 Å². The summed E-state index contributed by atoms with van der Waals surface area (Å²) < 4.78 is 15.8. The summed E-state index contributed by atoms with van der Waals surface area (Å²) in [5.74, 6) is 0.926. The molecule has 1 amide bonds. The molecule has 0 aliphatic carbocycles. The fourth-order valence-electron chi connectivity index (χ4n) is 2.64. The number of amides is 1. The number of ether oxygens (including phenoxy) is 2. The van der Waals surface area contributed by atoms with E-state index in [2.05, 4.69) is 10.5 Å². The molecular formula is C19H16ClN3O6. The monoisotopic (exact) mass is 417 g/mol. The van der Waals surface area contributed by atoms with Crippen LogP contribution in [0.1, 0.15) is 16.1 Å². The Morgan fingerprint density at radius 1 is 1.17 bits per heavy atom. The van der Waals surface area contributed by atoms with E-state index in [1.54, 1.807) is 24.3 Å². The fraction of sp³-hybridized carbons (Fsp3) is 0.158. The zero-order valence-electron chi connectivity index (χ0n) is 15.5. The molecule has 1 N–H and O–H groups in total. The number of benzene rings is 2. The Bertz CT molecular complexity index is 1070. The van der Waals surface area contributed by atoms with Gasteiger partial charge in [-0.15, -0.1) is 0 Å². The van der Waals surface area contributed by atoms with Crippen LogP contribution in [0.15, 0.2) is 47.0 Å². The molecule has 1 heterocycles. The van der Waals surface area contributed by atoms with Gasteiger partial charge in [-0.05, 0) is 30.3 Å². The van der Waals surface area contributed by atoms with Crippen molar-refractivity contribution in [2.75, 3.05) is 14.2 Å². The van der Waals surface area contributed by atoms with Crippen LogP contribution in [0.3, 0.4) is 0 Å². The molecule has 2 aromatic carbocycles. The van der Waals surface area contributed by atoms with E-state index in [1.807, 2.05) is 0 Å². The molecule has 0 saturated carbocycles. The maximum Gasteiger partial charge on any atom is 0.282 e. The number of rotatable bonds is 7. The highest BCUT2D eigenvalue weighted by Crippen LogP contribution is 2.32. The van der Waals surface area contributed by atoms with Gasteiger partial charge in [-0.3, -0.25) is 14.9 Å². The van der Waals surface area contributed by atoms with Crippen molar-refractivity contribution in [1.29, 1.82) is 0 Å². The Balaban J connectivity index is 1.74. The second-order valence-corrected chi connectivity index (χ2v) is 6.29. The molecule has 0 saturated heterocycles. The number of aromatic nitrogens is 1. The Kier molecular flexibility index (Phi) is 5.99. The smallest absolute Gasteiger partial charge is 0.282 e. The average molecular weight is 418 g/mol. The summed E-state index contributed by atoms with van der Waals surface area (Å²) in [5.41, 5.74) is 0.676. The van der Waals surface area contributed by atoms with Crippen LogP contribution >= 0.6 is 11.6 Å². The molecule has 0 aliphatic rings. The van der Waals surface area contributed by atoms with Crippen molar-refractivity contribution in [2.45, 2.75) is 6.54 Å². The zero-order valence-corrected chi connectivity index (χ0v) is 16.2. The van der Waals surface area contributed by atoms with Gasteiger partial charge >= 0.3 is 0 Å². The third-order valence-electron chi connectivity index (χ3n) is 4.06. The first-order valence-electron chi connectivity index (χ1n) is 8.33. The van der Waals surface area contributed by atoms with Crippen molar-refractivity contribution in [3.05, 3.63) is 68.9 Å². The number of nitro groups is 1. The van der Waals surface area contributed by atoms with Crippen molar-refractivity contribution < 1.29 is 23.7 Å². The molecule has 0 unspecified atom stereocenters. The maximum absolute atomic E-state index is 12.4. The summed E-state index contributed by atoms with van der Waals surface area (Å²) in [6, 6.07) is 10.7. The number of hydrogen-bond donors (Lipinski definition) is 1. The van der Waals surface area contributed by atoms with Crippen LogP contribution < -0.4 is 14.8 Å². The van der Waals surface area contributed by atoms with Crippen LogP contribution in [-0.4, -0.2) is 30.2 Å². The lowest BCUT2D eigenvalue weighted by molar-refractivity contribution is -0.385. The van der Waals surface area contributed by atoms with E-state index in [0.717, 1.165) is 0 Å². The highest BCUT2D eigenvalue weighted by molar-refractivity contribution is 6.31. The van der Waals surface area contributed by atoms with Crippen molar-refractivity contribution in [2.24, 2.45) is 0 Å². The molecule has 1 aromatic heterocycles. The number of halogens is 1. The van der Waals surface area contributed by atoms with E-state index in [9.17, 15) is 14.9 Å². The number of carbonyl (C=O) groups excluding carboxylic acids is 1. The second-order valence-electron chi connectivity index (χ2n) is 5.85. The highest BCUT2D eigenvalue weighted by Gasteiger charge is 2.21. The first-order valence-corrected chi connectivity index (χ1v) is 8.71. The molecule has 3 aromatic rings. The van der Waals surface area contributed by atoms with Gasteiger partial charge in [0, 0.05) is 22.7 Å². The van der Waals surface area contributed by atoms with Crippen LogP contribution in [0.4, 0.5) is 5.69 Å². The summed E-state index contributed by atoms with van der Waals surface area (Å²) in [5, 5.41) is 17.8. The molecule has 0 radical (unpaired) electrons. The number of methoxy groups -OCH3 is 2. The SMILES string of the molecule is COc1ccc(-c2cc(CNC(=O)c3cc(Cl)ccc3[N+](=O)[O-])no2)cc1OC. The molecule has 9 nitrogen and oxygen atoms in total. The lowest BCUT2D eigenvalue weighted by atomic mass is 10.1. The summed E-state index contributed by atoms with van der Waals surface area (Å²) in [4.78, 5) is 22.8. The third kappa shape index (κ3) is 4.46. The zero-order chi connectivity index (χ0) is 21.0. The van der Waals surface area contributed by atoms with E-state index >= 15 is 0 Å². The van der Waals surface area contributed by atoms with Crippen LogP contribution in [0.5, 0.6) is 11.5 Å². The third-order valence-corrected chi connectivity index (χ3v) is 4.29. The molecule has 0 aliphatic heterocycles. The van der Waals surface area contributed by atoms with Gasteiger partial charge in [0.1, 0.15) is 11.3 Å². The summed E-state index contributed by atoms with van der Waals surface area (Å²) in [7, 11) is 3.06. The van der Waals surface area contributed by atoms with Gasteiger partial charge in [0.15, 0.2) is 17.3 Å². The summed E-state index contributed by atoms with van der Waals surface area (Å²) in [6.07, 6.45) is 0. The van der Waals surface area contributed by atoms with Crippen molar-refractivity contribution >= 4 is 23.2 Å². The maximum atomic E-state index is 12.4. The topological polar surface area (TPSA) is 117 Å². The quantitative estimate of drug-likeness (QED) is 0.458. The Morgan fingerprint density at radius 2 is 1.93 bits per heavy atom. The lowest BCUT2D eigenvalue weighted by Crippen LogP contribution is -2.23. The van der Waals surface area contributed by atoms with Gasteiger partial charge in [0.2, 0.25) is 0 Å². The highest BCUT2D eigenvalue weighted by atomic mass is 35.5. The number of nitrogens with zero attached hydrogens (tertiary/aromatic N) is 2. The van der Waals surface area contributed by atoms with Gasteiger partial charge in [-0.1, -0.05) is 16.8 Å². The van der Waals surface area contributed by atoms with Crippen LogP contribution in [0.2, 0.25) is 5.02 Å². The molecule has 150 valence electrons. The predicted octanol–water partition coefficient (Wildman–Crippen LogP) is 3.85. The first-order chi connectivity index (χ1) is 13.9. The van der Waals surface area contributed by atoms with Gasteiger partial charge < -0.3 is 19.3 Å². The number of nitro benzene ring substituents is 1. The van der Waals surface area contributed by atoms with Crippen molar-refractivity contribution in [3.8, 4) is 22.8 Å². The van der Waals surface area contributed by atoms with E-state index in [1.165, 1.54) is 32.4 Å². The largest absolute Gasteiger partial charge is 0.493 e. The van der Waals surface area contributed by atoms with Gasteiger partial charge in [-0.25, -0.2) is 0 Å². The van der Waals surface area contributed by atoms with Gasteiger partial charge in [-0.2, -0.15) is 0 Å². The molecular weight excluding hydrogens is 402 g/mol. The molecule has 0 atom stereocenters. The van der Waals surface area contributed by atoms with Gasteiger partial charge in [0.25, 0.3) is 11.6 Å². The van der Waals surface area contributed by atoms with E-state index in [0.29, 0.717) is 28.5 Å².